The van der Waals surface area contributed by atoms with Crippen molar-refractivity contribution in [2.75, 3.05) is 25.1 Å². The summed E-state index contributed by atoms with van der Waals surface area (Å²) in [5.74, 6) is 2.56. The Morgan fingerprint density at radius 3 is 2.62 bits per heavy atom. The van der Waals surface area contributed by atoms with Crippen LogP contribution in [-0.2, 0) is 0 Å². The van der Waals surface area contributed by atoms with Crippen LogP contribution in [0.15, 0.2) is 0 Å². The fourth-order valence-electron chi connectivity index (χ4n) is 0.421. The highest BCUT2D eigenvalue weighted by Crippen LogP contribution is 1.98. The van der Waals surface area contributed by atoms with Crippen molar-refractivity contribution < 1.29 is 0 Å². The second-order valence-electron chi connectivity index (χ2n) is 1.72. The zero-order valence-corrected chi connectivity index (χ0v) is 6.55. The Kier molecular flexibility index (Phi) is 7.59. The Balaban J connectivity index is 2.53. The highest BCUT2D eigenvalue weighted by molar-refractivity contribution is 7.99. The van der Waals surface area contributed by atoms with Gasteiger partial charge in [-0.25, -0.2) is 0 Å². The van der Waals surface area contributed by atoms with Crippen LogP contribution in [0.1, 0.15) is 13.3 Å². The first-order chi connectivity index (χ1) is 3.91. The summed E-state index contributed by atoms with van der Waals surface area (Å²) in [6.07, 6.45) is 1.30. The zero-order valence-electron chi connectivity index (χ0n) is 5.74. The van der Waals surface area contributed by atoms with E-state index in [2.05, 4.69) is 12.2 Å². The minimum Gasteiger partial charge on any atom is -0.319 e. The molecule has 0 aliphatic carbocycles. The molecule has 0 aromatic carbocycles. The maximum atomic E-state index is 3.11. The van der Waals surface area contributed by atoms with Gasteiger partial charge in [0, 0.05) is 12.3 Å². The van der Waals surface area contributed by atoms with E-state index >= 15 is 0 Å². The lowest BCUT2D eigenvalue weighted by molar-refractivity contribution is 0.871. The van der Waals surface area contributed by atoms with Crippen LogP contribution in [0.4, 0.5) is 0 Å². The molecule has 0 amide bonds. The molecule has 50 valence electrons. The quantitative estimate of drug-likeness (QED) is 0.568. The van der Waals surface area contributed by atoms with Gasteiger partial charge in [-0.2, -0.15) is 11.8 Å². The lowest BCUT2D eigenvalue weighted by atomic mass is 10.6. The van der Waals surface area contributed by atoms with Crippen LogP contribution >= 0.6 is 11.8 Å². The SMILES string of the molecule is CCCSCCNC. The normalized spacial score (nSPS) is 9.75. The minimum atomic E-state index is 1.14. The fraction of sp³-hybridized carbons (Fsp3) is 1.00. The highest BCUT2D eigenvalue weighted by Gasteiger charge is 1.82. The number of thioether (sulfide) groups is 1. The number of hydrogen-bond acceptors (Lipinski definition) is 2. The van der Waals surface area contributed by atoms with Crippen LogP contribution in [0.2, 0.25) is 0 Å². The minimum absolute atomic E-state index is 1.14. The molecular formula is C6H15NS. The predicted octanol–water partition coefficient (Wildman–Crippen LogP) is 1.35. The molecule has 0 aliphatic rings. The van der Waals surface area contributed by atoms with Gasteiger partial charge in [-0.1, -0.05) is 6.92 Å². The molecule has 8 heavy (non-hydrogen) atoms. The molecule has 0 saturated heterocycles. The summed E-state index contributed by atoms with van der Waals surface area (Å²) < 4.78 is 0. The third-order valence-electron chi connectivity index (χ3n) is 0.845. The second-order valence-corrected chi connectivity index (χ2v) is 2.94. The first-order valence-electron chi connectivity index (χ1n) is 3.14. The van der Waals surface area contributed by atoms with Crippen LogP contribution < -0.4 is 5.32 Å². The predicted molar refractivity (Wildman–Crippen MR) is 41.5 cm³/mol. The Bertz CT molecular complexity index is 33.5. The van der Waals surface area contributed by atoms with E-state index in [0.29, 0.717) is 0 Å². The number of nitrogens with one attached hydrogen (secondary N) is 1. The Hall–Kier alpha value is 0.310. The maximum absolute atomic E-state index is 3.11. The monoisotopic (exact) mass is 133 g/mol. The molecule has 0 spiro atoms. The Morgan fingerprint density at radius 2 is 2.12 bits per heavy atom. The van der Waals surface area contributed by atoms with E-state index in [4.69, 9.17) is 0 Å². The van der Waals surface area contributed by atoms with Crippen LogP contribution in [-0.4, -0.2) is 25.1 Å². The van der Waals surface area contributed by atoms with Gasteiger partial charge in [0.15, 0.2) is 0 Å². The maximum Gasteiger partial charge on any atom is 0.00579 e. The summed E-state index contributed by atoms with van der Waals surface area (Å²) >= 11 is 2.02. The van der Waals surface area contributed by atoms with Gasteiger partial charge in [0.1, 0.15) is 0 Å². The van der Waals surface area contributed by atoms with Crippen LogP contribution in [0.5, 0.6) is 0 Å². The van der Waals surface area contributed by atoms with Crippen LogP contribution in [0, 0.1) is 0 Å². The Morgan fingerprint density at radius 1 is 1.38 bits per heavy atom. The van der Waals surface area contributed by atoms with Gasteiger partial charge < -0.3 is 5.32 Å². The zero-order chi connectivity index (χ0) is 6.24. The van der Waals surface area contributed by atoms with Crippen LogP contribution in [0.3, 0.4) is 0 Å². The average Bonchev–Trinajstić information content (AvgIpc) is 1.81. The third kappa shape index (κ3) is 6.31. The Labute approximate surface area is 56.2 Å². The summed E-state index contributed by atoms with van der Waals surface area (Å²) in [5, 5.41) is 3.11. The van der Waals surface area contributed by atoms with Gasteiger partial charge in [0.2, 0.25) is 0 Å². The standard InChI is InChI=1S/C6H15NS/c1-3-5-8-6-4-7-2/h7H,3-6H2,1-2H3. The summed E-state index contributed by atoms with van der Waals surface area (Å²) in [6, 6.07) is 0. The van der Waals surface area contributed by atoms with E-state index in [9.17, 15) is 0 Å². The fourth-order valence-corrected chi connectivity index (χ4v) is 1.26. The molecule has 0 bridgehead atoms. The van der Waals surface area contributed by atoms with E-state index in [0.717, 1.165) is 6.54 Å². The van der Waals surface area contributed by atoms with E-state index in [1.807, 2.05) is 18.8 Å². The molecule has 0 unspecified atom stereocenters. The molecule has 0 fully saturated rings. The third-order valence-corrected chi connectivity index (χ3v) is 2.03. The molecule has 1 N–H and O–H groups in total. The summed E-state index contributed by atoms with van der Waals surface area (Å²) in [4.78, 5) is 0. The molecule has 0 saturated carbocycles. The lowest BCUT2D eigenvalue weighted by Gasteiger charge is -1.95. The van der Waals surface area contributed by atoms with Crippen molar-refractivity contribution in [1.82, 2.24) is 5.32 Å². The molecule has 0 radical (unpaired) electrons. The topological polar surface area (TPSA) is 12.0 Å². The van der Waals surface area contributed by atoms with Gasteiger partial charge in [-0.15, -0.1) is 0 Å². The van der Waals surface area contributed by atoms with Crippen molar-refractivity contribution in [3.63, 3.8) is 0 Å². The smallest absolute Gasteiger partial charge is 0.00579 e. The van der Waals surface area contributed by atoms with E-state index < -0.39 is 0 Å². The van der Waals surface area contributed by atoms with Crippen molar-refractivity contribution in [3.8, 4) is 0 Å². The largest absolute Gasteiger partial charge is 0.319 e. The lowest BCUT2D eigenvalue weighted by Crippen LogP contribution is -2.09. The van der Waals surface area contributed by atoms with Crippen molar-refractivity contribution >= 4 is 11.8 Å². The molecule has 0 rings (SSSR count). The van der Waals surface area contributed by atoms with Crippen LogP contribution in [0.25, 0.3) is 0 Å². The average molecular weight is 133 g/mol. The van der Waals surface area contributed by atoms with Crippen molar-refractivity contribution in [2.24, 2.45) is 0 Å². The molecule has 0 atom stereocenters. The first-order valence-corrected chi connectivity index (χ1v) is 4.29. The van der Waals surface area contributed by atoms with E-state index in [-0.39, 0.29) is 0 Å². The summed E-state index contributed by atoms with van der Waals surface area (Å²) in [6.45, 7) is 3.36. The number of hydrogen-bond donors (Lipinski definition) is 1. The molecule has 0 aliphatic heterocycles. The summed E-state index contributed by atoms with van der Waals surface area (Å²) in [7, 11) is 1.99. The molecule has 0 heterocycles. The first kappa shape index (κ1) is 8.31. The van der Waals surface area contributed by atoms with E-state index in [1.165, 1.54) is 17.9 Å². The van der Waals surface area contributed by atoms with Crippen molar-refractivity contribution in [3.05, 3.63) is 0 Å². The van der Waals surface area contributed by atoms with Gasteiger partial charge in [-0.3, -0.25) is 0 Å². The highest BCUT2D eigenvalue weighted by atomic mass is 32.2. The number of rotatable bonds is 5. The van der Waals surface area contributed by atoms with Gasteiger partial charge in [0.25, 0.3) is 0 Å². The molecule has 2 heteroatoms. The van der Waals surface area contributed by atoms with Gasteiger partial charge >= 0.3 is 0 Å². The second kappa shape index (κ2) is 7.31. The molecule has 0 aromatic rings. The van der Waals surface area contributed by atoms with Gasteiger partial charge in [-0.05, 0) is 19.2 Å². The van der Waals surface area contributed by atoms with Crippen molar-refractivity contribution in [2.45, 2.75) is 13.3 Å². The van der Waals surface area contributed by atoms with Crippen molar-refractivity contribution in [1.29, 1.82) is 0 Å². The summed E-state index contributed by atoms with van der Waals surface area (Å²) in [5.41, 5.74) is 0. The van der Waals surface area contributed by atoms with E-state index in [1.54, 1.807) is 0 Å². The molecular weight excluding hydrogens is 118 g/mol. The van der Waals surface area contributed by atoms with Gasteiger partial charge in [0.05, 0.1) is 0 Å². The molecule has 0 aromatic heterocycles. The molecule has 1 nitrogen and oxygen atoms in total.